The molecule has 1 atom stereocenters. The van der Waals surface area contributed by atoms with E-state index in [9.17, 15) is 0 Å². The summed E-state index contributed by atoms with van der Waals surface area (Å²) in [6.45, 7) is 8.32. The van der Waals surface area contributed by atoms with Crippen molar-refractivity contribution < 1.29 is 0 Å². The van der Waals surface area contributed by atoms with Gasteiger partial charge >= 0.3 is 0 Å². The highest BCUT2D eigenvalue weighted by atomic mass is 127. The lowest BCUT2D eigenvalue weighted by atomic mass is 10.1. The summed E-state index contributed by atoms with van der Waals surface area (Å²) in [4.78, 5) is 10.3. The largest absolute Gasteiger partial charge is 0.356 e. The van der Waals surface area contributed by atoms with Crippen molar-refractivity contribution in [3.8, 4) is 0 Å². The van der Waals surface area contributed by atoms with Gasteiger partial charge in [-0.25, -0.2) is 4.98 Å². The molecule has 0 saturated heterocycles. The molecule has 0 fully saturated rings. The lowest BCUT2D eigenvalue weighted by Crippen LogP contribution is -2.39. The van der Waals surface area contributed by atoms with Gasteiger partial charge in [-0.1, -0.05) is 26.8 Å². The molecule has 0 bridgehead atoms. The topological polar surface area (TPSA) is 49.3 Å². The molecule has 7 heteroatoms. The Hall–Kier alpha value is -0.670. The highest BCUT2D eigenvalue weighted by Crippen LogP contribution is 2.20. The van der Waals surface area contributed by atoms with Gasteiger partial charge in [-0.2, -0.15) is 0 Å². The first kappa shape index (κ1) is 21.4. The van der Waals surface area contributed by atoms with Gasteiger partial charge in [-0.3, -0.25) is 4.99 Å². The predicted molar refractivity (Wildman–Crippen MR) is 117 cm³/mol. The molecule has 0 aliphatic heterocycles. The number of guanidine groups is 1. The molecule has 2 rings (SSSR count). The van der Waals surface area contributed by atoms with Crippen LogP contribution >= 0.6 is 46.7 Å². The lowest BCUT2D eigenvalue weighted by molar-refractivity contribution is 0.705. The van der Waals surface area contributed by atoms with E-state index >= 15 is 0 Å². The Morgan fingerprint density at radius 3 is 2.62 bits per heavy atom. The number of thiophene rings is 1. The summed E-state index contributed by atoms with van der Waals surface area (Å²) in [5.41, 5.74) is 1.16. The minimum atomic E-state index is 0. The van der Waals surface area contributed by atoms with Crippen molar-refractivity contribution in [2.75, 3.05) is 20.1 Å². The molecule has 2 aromatic heterocycles. The molecule has 2 heterocycles. The van der Waals surface area contributed by atoms with E-state index in [1.807, 2.05) is 7.05 Å². The molecule has 0 aliphatic rings. The third kappa shape index (κ3) is 6.68. The maximum atomic E-state index is 4.66. The summed E-state index contributed by atoms with van der Waals surface area (Å²) in [6, 6.07) is 4.28. The van der Waals surface area contributed by atoms with Crippen LogP contribution in [-0.2, 0) is 6.42 Å². The quantitative estimate of drug-likeness (QED) is 0.351. The first-order chi connectivity index (χ1) is 11.1. The normalized spacial score (nSPS) is 12.8. The van der Waals surface area contributed by atoms with Gasteiger partial charge in [0.25, 0.3) is 0 Å². The fourth-order valence-electron chi connectivity index (χ4n) is 2.15. The summed E-state index contributed by atoms with van der Waals surface area (Å²) in [5.74, 6) is 1.85. The molecular formula is C17H27IN4S2. The van der Waals surface area contributed by atoms with Crippen LogP contribution in [0.1, 0.15) is 48.2 Å². The molecular weight excluding hydrogens is 451 g/mol. The van der Waals surface area contributed by atoms with Gasteiger partial charge in [0, 0.05) is 48.7 Å². The SMILES string of the molecule is CN=C(NCCc1csc(C(C)C)n1)NCC(C)c1cccs1.I. The Labute approximate surface area is 170 Å². The Balaban J connectivity index is 0.00000288. The van der Waals surface area contributed by atoms with E-state index in [-0.39, 0.29) is 24.0 Å². The molecule has 0 spiro atoms. The van der Waals surface area contributed by atoms with Gasteiger partial charge in [0.1, 0.15) is 0 Å². The highest BCUT2D eigenvalue weighted by molar-refractivity contribution is 14.0. The van der Waals surface area contributed by atoms with E-state index in [0.717, 1.165) is 31.2 Å². The Kier molecular flexibility index (Phi) is 9.84. The average molecular weight is 478 g/mol. The summed E-state index contributed by atoms with van der Waals surface area (Å²) in [7, 11) is 1.81. The van der Waals surface area contributed by atoms with Crippen molar-refractivity contribution in [1.82, 2.24) is 15.6 Å². The maximum Gasteiger partial charge on any atom is 0.191 e. The van der Waals surface area contributed by atoms with Crippen LogP contribution in [0.15, 0.2) is 27.9 Å². The van der Waals surface area contributed by atoms with Crippen LogP contribution in [0, 0.1) is 0 Å². The first-order valence-electron chi connectivity index (χ1n) is 8.02. The van der Waals surface area contributed by atoms with Gasteiger partial charge in [0.15, 0.2) is 5.96 Å². The number of hydrogen-bond acceptors (Lipinski definition) is 4. The van der Waals surface area contributed by atoms with E-state index in [1.54, 1.807) is 22.7 Å². The Bertz CT molecular complexity index is 608. The second-order valence-electron chi connectivity index (χ2n) is 5.88. The van der Waals surface area contributed by atoms with Gasteiger partial charge in [-0.15, -0.1) is 46.7 Å². The average Bonchev–Trinajstić information content (AvgIpc) is 3.21. The number of aliphatic imine (C=N–C) groups is 1. The first-order valence-corrected chi connectivity index (χ1v) is 9.78. The van der Waals surface area contributed by atoms with Crippen molar-refractivity contribution in [2.45, 2.75) is 39.0 Å². The second-order valence-corrected chi connectivity index (χ2v) is 7.75. The van der Waals surface area contributed by atoms with E-state index in [4.69, 9.17) is 0 Å². The molecule has 24 heavy (non-hydrogen) atoms. The number of aromatic nitrogens is 1. The van der Waals surface area contributed by atoms with E-state index in [0.29, 0.717) is 11.8 Å². The van der Waals surface area contributed by atoms with E-state index < -0.39 is 0 Å². The van der Waals surface area contributed by atoms with Crippen molar-refractivity contribution in [3.05, 3.63) is 38.5 Å². The number of hydrogen-bond donors (Lipinski definition) is 2. The van der Waals surface area contributed by atoms with E-state index in [1.165, 1.54) is 9.88 Å². The number of rotatable bonds is 7. The Morgan fingerprint density at radius 2 is 2.04 bits per heavy atom. The Morgan fingerprint density at radius 1 is 1.25 bits per heavy atom. The summed E-state index contributed by atoms with van der Waals surface area (Å²) in [6.07, 6.45) is 0.921. The van der Waals surface area contributed by atoms with Crippen LogP contribution in [0.2, 0.25) is 0 Å². The van der Waals surface area contributed by atoms with Gasteiger partial charge in [-0.05, 0) is 11.4 Å². The summed E-state index contributed by atoms with van der Waals surface area (Å²) < 4.78 is 0. The fourth-order valence-corrected chi connectivity index (χ4v) is 3.81. The summed E-state index contributed by atoms with van der Waals surface area (Å²) in [5, 5.41) is 12.3. The molecule has 0 aromatic carbocycles. The minimum absolute atomic E-state index is 0. The fraction of sp³-hybridized carbons (Fsp3) is 0.529. The van der Waals surface area contributed by atoms with Crippen LogP contribution in [0.5, 0.6) is 0 Å². The molecule has 1 unspecified atom stereocenters. The monoisotopic (exact) mass is 478 g/mol. The number of halogens is 1. The molecule has 0 amide bonds. The molecule has 0 aliphatic carbocycles. The highest BCUT2D eigenvalue weighted by Gasteiger charge is 2.08. The van der Waals surface area contributed by atoms with Crippen molar-refractivity contribution in [3.63, 3.8) is 0 Å². The van der Waals surface area contributed by atoms with Crippen LogP contribution in [0.3, 0.4) is 0 Å². The number of thiazole rings is 1. The molecule has 2 N–H and O–H groups in total. The maximum absolute atomic E-state index is 4.66. The smallest absolute Gasteiger partial charge is 0.191 e. The zero-order valence-corrected chi connectivity index (χ0v) is 18.7. The molecule has 134 valence electrons. The molecule has 0 radical (unpaired) electrons. The van der Waals surface area contributed by atoms with Crippen LogP contribution in [0.4, 0.5) is 0 Å². The lowest BCUT2D eigenvalue weighted by Gasteiger charge is -2.15. The minimum Gasteiger partial charge on any atom is -0.356 e. The van der Waals surface area contributed by atoms with Crippen molar-refractivity contribution >= 4 is 52.6 Å². The standard InChI is InChI=1S/C17H26N4S2.HI/c1-12(2)16-21-14(11-23-16)7-8-19-17(18-4)20-10-13(3)15-6-5-9-22-15;/h5-6,9,11-13H,7-8,10H2,1-4H3,(H2,18,19,20);1H. The van der Waals surface area contributed by atoms with Crippen LogP contribution in [-0.4, -0.2) is 31.1 Å². The number of nitrogens with one attached hydrogen (secondary N) is 2. The molecule has 2 aromatic rings. The van der Waals surface area contributed by atoms with Crippen LogP contribution < -0.4 is 10.6 Å². The van der Waals surface area contributed by atoms with E-state index in [2.05, 4.69) is 64.3 Å². The third-order valence-electron chi connectivity index (χ3n) is 3.57. The van der Waals surface area contributed by atoms with Gasteiger partial charge in [0.05, 0.1) is 10.7 Å². The molecule has 4 nitrogen and oxygen atoms in total. The summed E-state index contributed by atoms with van der Waals surface area (Å²) >= 11 is 3.55. The zero-order chi connectivity index (χ0) is 16.7. The molecule has 0 saturated carbocycles. The second kappa shape index (κ2) is 11.0. The zero-order valence-electron chi connectivity index (χ0n) is 14.7. The third-order valence-corrected chi connectivity index (χ3v) is 5.86. The van der Waals surface area contributed by atoms with Gasteiger partial charge < -0.3 is 10.6 Å². The van der Waals surface area contributed by atoms with Crippen LogP contribution in [0.25, 0.3) is 0 Å². The van der Waals surface area contributed by atoms with Crippen molar-refractivity contribution in [2.24, 2.45) is 4.99 Å². The van der Waals surface area contributed by atoms with Gasteiger partial charge in [0.2, 0.25) is 0 Å². The van der Waals surface area contributed by atoms with Crippen molar-refractivity contribution in [1.29, 1.82) is 0 Å². The number of nitrogens with zero attached hydrogens (tertiary/aromatic N) is 2. The predicted octanol–water partition coefficient (Wildman–Crippen LogP) is 4.46.